The van der Waals surface area contributed by atoms with Gasteiger partial charge in [0.05, 0.1) is 5.25 Å². The molecule has 1 amide bonds. The first-order valence-corrected chi connectivity index (χ1v) is 8.89. The summed E-state index contributed by atoms with van der Waals surface area (Å²) in [4.78, 5) is 18.1. The molecule has 7 heteroatoms. The summed E-state index contributed by atoms with van der Waals surface area (Å²) < 4.78 is 28.5. The van der Waals surface area contributed by atoms with Crippen LogP contribution in [-0.4, -0.2) is 48.8 Å². The number of nitrogens with zero attached hydrogens (tertiary/aromatic N) is 2. The lowest BCUT2D eigenvalue weighted by Gasteiger charge is -2.14. The zero-order valence-electron chi connectivity index (χ0n) is 12.1. The van der Waals surface area contributed by atoms with Crippen LogP contribution in [0.5, 0.6) is 0 Å². The second kappa shape index (κ2) is 5.57. The lowest BCUT2D eigenvalue weighted by atomic mass is 10.2. The average molecular weight is 320 g/mol. The third-order valence-electron chi connectivity index (χ3n) is 3.78. The first kappa shape index (κ1) is 14.8. The van der Waals surface area contributed by atoms with Crippen LogP contribution >= 0.6 is 0 Å². The summed E-state index contributed by atoms with van der Waals surface area (Å²) in [6.07, 6.45) is 2.99. The van der Waals surface area contributed by atoms with E-state index in [-0.39, 0.29) is 18.1 Å². The van der Waals surface area contributed by atoms with Crippen LogP contribution in [0.15, 0.2) is 41.0 Å². The Morgan fingerprint density at radius 2 is 2.05 bits per heavy atom. The van der Waals surface area contributed by atoms with Crippen LogP contribution in [0.1, 0.15) is 16.9 Å². The van der Waals surface area contributed by atoms with Gasteiger partial charge in [-0.3, -0.25) is 4.79 Å². The van der Waals surface area contributed by atoms with Gasteiger partial charge >= 0.3 is 0 Å². The van der Waals surface area contributed by atoms with Crippen molar-refractivity contribution in [1.29, 1.82) is 0 Å². The highest BCUT2D eigenvalue weighted by Crippen LogP contribution is 2.21. The molecule has 1 atom stereocenters. The van der Waals surface area contributed by atoms with Gasteiger partial charge in [0.2, 0.25) is 5.89 Å². The largest absolute Gasteiger partial charge is 0.444 e. The molecular formula is C15H16N2O4S. The van der Waals surface area contributed by atoms with E-state index in [1.54, 1.807) is 0 Å². The second-order valence-corrected chi connectivity index (χ2v) is 7.72. The van der Waals surface area contributed by atoms with E-state index in [4.69, 9.17) is 4.42 Å². The normalized spacial score (nSPS) is 18.6. The van der Waals surface area contributed by atoms with Crippen LogP contribution in [0.4, 0.5) is 0 Å². The number of rotatable bonds is 3. The molecule has 1 aliphatic heterocycles. The third-order valence-corrected chi connectivity index (χ3v) is 5.38. The fourth-order valence-electron chi connectivity index (χ4n) is 2.51. The van der Waals surface area contributed by atoms with Gasteiger partial charge in [-0.2, -0.15) is 0 Å². The molecule has 0 spiro atoms. The molecule has 2 heterocycles. The Balaban J connectivity index is 1.76. The molecule has 1 unspecified atom stereocenters. The number of aromatic nitrogens is 1. The molecule has 1 aromatic carbocycles. The molecule has 0 bridgehead atoms. The minimum absolute atomic E-state index is 0.202. The molecule has 1 aromatic heterocycles. The van der Waals surface area contributed by atoms with E-state index in [9.17, 15) is 13.2 Å². The highest BCUT2D eigenvalue weighted by atomic mass is 32.2. The smallest absolute Gasteiger partial charge is 0.275 e. The summed E-state index contributed by atoms with van der Waals surface area (Å²) in [7, 11) is -3.13. The number of sulfone groups is 1. The Kier molecular flexibility index (Phi) is 3.74. The number of oxazole rings is 1. The van der Waals surface area contributed by atoms with E-state index in [2.05, 4.69) is 4.98 Å². The molecule has 1 saturated heterocycles. The molecule has 3 rings (SSSR count). The Bertz CT molecular complexity index is 783. The predicted octanol–water partition coefficient (Wildman–Crippen LogP) is 1.60. The maximum atomic E-state index is 12.4. The highest BCUT2D eigenvalue weighted by molar-refractivity contribution is 7.91. The quantitative estimate of drug-likeness (QED) is 0.858. The standard InChI is InChI=1S/C15H16N2O4S/c1-22(19,20)12-7-8-17(9-12)15(18)13-10-21-14(16-13)11-5-3-2-4-6-11/h2-6,10,12H,7-9H2,1H3. The van der Waals surface area contributed by atoms with E-state index in [0.717, 1.165) is 5.56 Å². The van der Waals surface area contributed by atoms with Gasteiger partial charge in [-0.15, -0.1) is 0 Å². The Morgan fingerprint density at radius 1 is 1.32 bits per heavy atom. The van der Waals surface area contributed by atoms with Crippen molar-refractivity contribution >= 4 is 15.7 Å². The molecule has 1 fully saturated rings. The fraction of sp³-hybridized carbons (Fsp3) is 0.333. The van der Waals surface area contributed by atoms with Crippen LogP contribution in [0.25, 0.3) is 11.5 Å². The predicted molar refractivity (Wildman–Crippen MR) is 81.1 cm³/mol. The number of amides is 1. The van der Waals surface area contributed by atoms with E-state index < -0.39 is 15.1 Å². The van der Waals surface area contributed by atoms with Crippen LogP contribution in [-0.2, 0) is 9.84 Å². The van der Waals surface area contributed by atoms with Gasteiger partial charge in [0.25, 0.3) is 5.91 Å². The van der Waals surface area contributed by atoms with E-state index in [1.807, 2.05) is 30.3 Å². The van der Waals surface area contributed by atoms with E-state index in [0.29, 0.717) is 18.9 Å². The van der Waals surface area contributed by atoms with Crippen molar-refractivity contribution in [2.45, 2.75) is 11.7 Å². The summed E-state index contributed by atoms with van der Waals surface area (Å²) in [5, 5.41) is -0.489. The van der Waals surface area contributed by atoms with Gasteiger partial charge in [0, 0.05) is 24.9 Å². The molecule has 1 aliphatic rings. The monoisotopic (exact) mass is 320 g/mol. The second-order valence-electron chi connectivity index (χ2n) is 5.40. The van der Waals surface area contributed by atoms with Crippen LogP contribution in [0, 0.1) is 0 Å². The molecular weight excluding hydrogens is 304 g/mol. The first-order valence-electron chi connectivity index (χ1n) is 6.94. The summed E-state index contributed by atoms with van der Waals surface area (Å²) in [5.74, 6) is 0.0832. The number of carbonyl (C=O) groups is 1. The number of hydrogen-bond acceptors (Lipinski definition) is 5. The lowest BCUT2D eigenvalue weighted by Crippen LogP contribution is -2.31. The summed E-state index contributed by atoms with van der Waals surface area (Å²) in [6, 6.07) is 9.29. The zero-order chi connectivity index (χ0) is 15.7. The van der Waals surface area contributed by atoms with Gasteiger partial charge in [0.1, 0.15) is 6.26 Å². The topological polar surface area (TPSA) is 80.5 Å². The SMILES string of the molecule is CS(=O)(=O)C1CCN(C(=O)c2coc(-c3ccccc3)n2)C1. The fourth-order valence-corrected chi connectivity index (χ4v) is 3.49. The molecule has 0 radical (unpaired) electrons. The van der Waals surface area contributed by atoms with Gasteiger partial charge in [-0.05, 0) is 18.6 Å². The summed E-state index contributed by atoms with van der Waals surface area (Å²) in [6.45, 7) is 0.634. The number of carbonyl (C=O) groups excluding carboxylic acids is 1. The average Bonchev–Trinajstić information content (AvgIpc) is 3.16. The Morgan fingerprint density at radius 3 is 2.68 bits per heavy atom. The first-order chi connectivity index (χ1) is 10.4. The van der Waals surface area contributed by atoms with Gasteiger partial charge in [0.15, 0.2) is 15.5 Å². The third kappa shape index (κ3) is 2.89. The van der Waals surface area contributed by atoms with Crippen molar-refractivity contribution in [3.05, 3.63) is 42.3 Å². The number of benzene rings is 1. The van der Waals surface area contributed by atoms with Crippen molar-refractivity contribution in [3.63, 3.8) is 0 Å². The maximum absolute atomic E-state index is 12.4. The minimum atomic E-state index is -3.13. The highest BCUT2D eigenvalue weighted by Gasteiger charge is 2.33. The van der Waals surface area contributed by atoms with Crippen molar-refractivity contribution < 1.29 is 17.6 Å². The summed E-state index contributed by atoms with van der Waals surface area (Å²) in [5.41, 5.74) is 0.991. The van der Waals surface area contributed by atoms with E-state index in [1.165, 1.54) is 17.4 Å². The summed E-state index contributed by atoms with van der Waals surface area (Å²) >= 11 is 0. The van der Waals surface area contributed by atoms with Crippen molar-refractivity contribution in [2.24, 2.45) is 0 Å². The molecule has 116 valence electrons. The Hall–Kier alpha value is -2.15. The number of hydrogen-bond donors (Lipinski definition) is 0. The molecule has 2 aromatic rings. The molecule has 6 nitrogen and oxygen atoms in total. The molecule has 0 aliphatic carbocycles. The van der Waals surface area contributed by atoms with Gasteiger partial charge in [-0.1, -0.05) is 18.2 Å². The van der Waals surface area contributed by atoms with Crippen LogP contribution in [0.2, 0.25) is 0 Å². The Labute approximate surface area is 128 Å². The van der Waals surface area contributed by atoms with E-state index >= 15 is 0 Å². The van der Waals surface area contributed by atoms with Gasteiger partial charge < -0.3 is 9.32 Å². The molecule has 0 N–H and O–H groups in total. The molecule has 0 saturated carbocycles. The van der Waals surface area contributed by atoms with Crippen LogP contribution < -0.4 is 0 Å². The van der Waals surface area contributed by atoms with Crippen molar-refractivity contribution in [1.82, 2.24) is 9.88 Å². The minimum Gasteiger partial charge on any atom is -0.444 e. The number of likely N-dealkylation sites (tertiary alicyclic amines) is 1. The van der Waals surface area contributed by atoms with Gasteiger partial charge in [-0.25, -0.2) is 13.4 Å². The molecule has 22 heavy (non-hydrogen) atoms. The zero-order valence-corrected chi connectivity index (χ0v) is 12.9. The maximum Gasteiger partial charge on any atom is 0.275 e. The van der Waals surface area contributed by atoms with Crippen LogP contribution in [0.3, 0.4) is 0 Å². The van der Waals surface area contributed by atoms with Crippen molar-refractivity contribution in [2.75, 3.05) is 19.3 Å². The lowest BCUT2D eigenvalue weighted by molar-refractivity contribution is 0.0787. The van der Waals surface area contributed by atoms with Crippen molar-refractivity contribution in [3.8, 4) is 11.5 Å².